The summed E-state index contributed by atoms with van der Waals surface area (Å²) >= 11 is 0. The molecule has 182 valence electrons. The van der Waals surface area contributed by atoms with Gasteiger partial charge in [0.2, 0.25) is 0 Å². The van der Waals surface area contributed by atoms with E-state index < -0.39 is 6.61 Å². The van der Waals surface area contributed by atoms with Crippen LogP contribution < -0.4 is 10.1 Å². The molecule has 7 heteroatoms. The van der Waals surface area contributed by atoms with Gasteiger partial charge in [-0.2, -0.15) is 13.9 Å². The molecule has 1 heterocycles. The van der Waals surface area contributed by atoms with Crippen LogP contribution in [0.5, 0.6) is 5.75 Å². The molecular formula is C28H29F2N3O2. The van der Waals surface area contributed by atoms with E-state index in [4.69, 9.17) is 5.10 Å². The maximum atomic E-state index is 13.7. The Balaban J connectivity index is 1.36. The third-order valence-corrected chi connectivity index (χ3v) is 8.19. The maximum Gasteiger partial charge on any atom is 0.387 e. The van der Waals surface area contributed by atoms with Crippen molar-refractivity contribution in [2.75, 3.05) is 5.32 Å². The molecule has 7 rings (SSSR count). The van der Waals surface area contributed by atoms with Gasteiger partial charge in [-0.15, -0.1) is 0 Å². The van der Waals surface area contributed by atoms with E-state index in [2.05, 4.69) is 10.1 Å². The second-order valence-corrected chi connectivity index (χ2v) is 10.7. The van der Waals surface area contributed by atoms with Gasteiger partial charge < -0.3 is 10.1 Å². The number of nitrogens with zero attached hydrogens (tertiary/aromatic N) is 2. The quantitative estimate of drug-likeness (QED) is 0.441. The molecule has 0 unspecified atom stereocenters. The number of carbonyl (C=O) groups is 1. The lowest BCUT2D eigenvalue weighted by molar-refractivity contribution is -0.0498. The molecule has 0 radical (unpaired) electrons. The van der Waals surface area contributed by atoms with Gasteiger partial charge in [0.05, 0.1) is 16.9 Å². The Morgan fingerprint density at radius 3 is 2.31 bits per heavy atom. The first kappa shape index (κ1) is 22.3. The normalized spacial score (nSPS) is 26.8. The minimum Gasteiger partial charge on any atom is -0.435 e. The van der Waals surface area contributed by atoms with Crippen LogP contribution in [-0.4, -0.2) is 22.3 Å². The lowest BCUT2D eigenvalue weighted by atomic mass is 9.48. The second kappa shape index (κ2) is 8.47. The number of anilines is 1. The maximum absolute atomic E-state index is 13.7. The largest absolute Gasteiger partial charge is 0.435 e. The number of aromatic nitrogens is 2. The number of hydrogen-bond acceptors (Lipinski definition) is 3. The zero-order valence-corrected chi connectivity index (χ0v) is 19.7. The lowest BCUT2D eigenvalue weighted by Crippen LogP contribution is -2.49. The van der Waals surface area contributed by atoms with Gasteiger partial charge in [-0.3, -0.25) is 4.79 Å². The molecule has 0 aliphatic heterocycles. The topological polar surface area (TPSA) is 56.1 Å². The number of halogens is 2. The van der Waals surface area contributed by atoms with Crippen molar-refractivity contribution in [3.8, 4) is 11.4 Å². The molecule has 0 saturated heterocycles. The van der Waals surface area contributed by atoms with E-state index in [9.17, 15) is 13.6 Å². The highest BCUT2D eigenvalue weighted by atomic mass is 19.3. The fourth-order valence-corrected chi connectivity index (χ4v) is 7.19. The number of nitrogens with one attached hydrogen (secondary N) is 1. The fourth-order valence-electron chi connectivity index (χ4n) is 7.19. The van der Waals surface area contributed by atoms with Gasteiger partial charge in [0.15, 0.2) is 0 Å². The average Bonchev–Trinajstić information content (AvgIpc) is 3.27. The van der Waals surface area contributed by atoms with Crippen molar-refractivity contribution in [3.63, 3.8) is 0 Å². The molecule has 1 N–H and O–H groups in total. The standard InChI is InChI=1S/C28H29F2N3O2/c1-17-9-22(35-27(29)30)7-8-24(17)31-26(34)23-16-33(21-5-3-2-4-6-21)32-25(23)28-13-18-10-19(14-28)12-20(11-18)15-28/h2-9,16,18-20,27H,10-15H2,1H3,(H,31,34). The highest BCUT2D eigenvalue weighted by Gasteiger charge is 2.53. The monoisotopic (exact) mass is 477 g/mol. The molecule has 5 nitrogen and oxygen atoms in total. The van der Waals surface area contributed by atoms with Gasteiger partial charge in [-0.1, -0.05) is 18.2 Å². The van der Waals surface area contributed by atoms with Gasteiger partial charge in [0, 0.05) is 17.3 Å². The molecule has 0 spiro atoms. The minimum absolute atomic E-state index is 0.0501. The first-order chi connectivity index (χ1) is 16.9. The average molecular weight is 478 g/mol. The van der Waals surface area contributed by atoms with E-state index >= 15 is 0 Å². The Hall–Kier alpha value is -3.22. The van der Waals surface area contributed by atoms with Gasteiger partial charge in [-0.25, -0.2) is 4.68 Å². The molecule has 4 aliphatic carbocycles. The number of ether oxygens (including phenoxy) is 1. The van der Waals surface area contributed by atoms with E-state index in [0.29, 0.717) is 16.8 Å². The van der Waals surface area contributed by atoms with Crippen molar-refractivity contribution in [3.05, 3.63) is 71.5 Å². The predicted octanol–water partition coefficient (Wildman–Crippen LogP) is 6.50. The predicted molar refractivity (Wildman–Crippen MR) is 129 cm³/mol. The first-order valence-electron chi connectivity index (χ1n) is 12.4. The lowest BCUT2D eigenvalue weighted by Gasteiger charge is -2.56. The molecule has 4 aliphatic rings. The Morgan fingerprint density at radius 1 is 1.06 bits per heavy atom. The van der Waals surface area contributed by atoms with Crippen LogP contribution in [0.2, 0.25) is 0 Å². The number of rotatable bonds is 6. The molecular weight excluding hydrogens is 448 g/mol. The summed E-state index contributed by atoms with van der Waals surface area (Å²) in [5, 5.41) is 8.06. The number of carbonyl (C=O) groups excluding carboxylic acids is 1. The van der Waals surface area contributed by atoms with E-state index in [1.165, 1.54) is 31.4 Å². The second-order valence-electron chi connectivity index (χ2n) is 10.7. The van der Waals surface area contributed by atoms with Crippen LogP contribution in [0, 0.1) is 24.7 Å². The number of hydrogen-bond donors (Lipinski definition) is 1. The van der Waals surface area contributed by atoms with E-state index in [1.807, 2.05) is 41.2 Å². The summed E-state index contributed by atoms with van der Waals surface area (Å²) in [4.78, 5) is 13.7. The van der Waals surface area contributed by atoms with Gasteiger partial charge >= 0.3 is 6.61 Å². The summed E-state index contributed by atoms with van der Waals surface area (Å²) in [6.07, 6.45) is 9.09. The summed E-state index contributed by atoms with van der Waals surface area (Å²) in [5.41, 5.74) is 3.60. The molecule has 2 aromatic carbocycles. The summed E-state index contributed by atoms with van der Waals surface area (Å²) in [7, 11) is 0. The van der Waals surface area contributed by atoms with Crippen LogP contribution in [0.15, 0.2) is 54.7 Å². The summed E-state index contributed by atoms with van der Waals surface area (Å²) in [5.74, 6) is 2.03. The number of alkyl halides is 2. The molecule has 3 aromatic rings. The van der Waals surface area contributed by atoms with Crippen molar-refractivity contribution in [2.45, 2.75) is 57.5 Å². The van der Waals surface area contributed by atoms with Gasteiger partial charge in [0.25, 0.3) is 5.91 Å². The zero-order valence-electron chi connectivity index (χ0n) is 19.7. The van der Waals surface area contributed by atoms with Crippen molar-refractivity contribution in [1.29, 1.82) is 0 Å². The van der Waals surface area contributed by atoms with Crippen molar-refractivity contribution in [1.82, 2.24) is 9.78 Å². The third kappa shape index (κ3) is 4.11. The number of para-hydroxylation sites is 1. The third-order valence-electron chi connectivity index (χ3n) is 8.19. The van der Waals surface area contributed by atoms with Crippen molar-refractivity contribution < 1.29 is 18.3 Å². The van der Waals surface area contributed by atoms with Crippen LogP contribution >= 0.6 is 0 Å². The molecule has 1 aromatic heterocycles. The highest BCUT2D eigenvalue weighted by molar-refractivity contribution is 6.05. The molecule has 35 heavy (non-hydrogen) atoms. The Bertz CT molecular complexity index is 1220. The molecule has 1 amide bonds. The van der Waals surface area contributed by atoms with Crippen molar-refractivity contribution in [2.24, 2.45) is 17.8 Å². The Morgan fingerprint density at radius 2 is 1.71 bits per heavy atom. The van der Waals surface area contributed by atoms with Gasteiger partial charge in [-0.05, 0) is 99.1 Å². The molecule has 4 fully saturated rings. The minimum atomic E-state index is -2.89. The SMILES string of the molecule is Cc1cc(OC(F)F)ccc1NC(=O)c1cn(-c2ccccc2)nc1C12CC3CC(CC(C3)C1)C2. The Kier molecular flexibility index (Phi) is 5.38. The smallest absolute Gasteiger partial charge is 0.387 e. The molecule has 0 atom stereocenters. The zero-order chi connectivity index (χ0) is 24.2. The number of aryl methyl sites for hydroxylation is 1. The fraction of sp³-hybridized carbons (Fsp3) is 0.429. The van der Waals surface area contributed by atoms with Crippen LogP contribution in [-0.2, 0) is 5.41 Å². The van der Waals surface area contributed by atoms with Crippen LogP contribution in [0.3, 0.4) is 0 Å². The van der Waals surface area contributed by atoms with Crippen molar-refractivity contribution >= 4 is 11.6 Å². The highest BCUT2D eigenvalue weighted by Crippen LogP contribution is 2.61. The molecule has 4 saturated carbocycles. The summed E-state index contributed by atoms with van der Waals surface area (Å²) < 4.78 is 31.5. The molecule has 4 bridgehead atoms. The van der Waals surface area contributed by atoms with E-state index in [0.717, 1.165) is 48.4 Å². The Labute approximate surface area is 203 Å². The number of amides is 1. The summed E-state index contributed by atoms with van der Waals surface area (Å²) in [6.45, 7) is -1.12. The van der Waals surface area contributed by atoms with E-state index in [1.54, 1.807) is 13.0 Å². The van der Waals surface area contributed by atoms with E-state index in [-0.39, 0.29) is 17.1 Å². The van der Waals surface area contributed by atoms with Gasteiger partial charge in [0.1, 0.15) is 5.75 Å². The van der Waals surface area contributed by atoms with Crippen LogP contribution in [0.1, 0.15) is 60.1 Å². The number of benzene rings is 2. The van der Waals surface area contributed by atoms with Crippen LogP contribution in [0.4, 0.5) is 14.5 Å². The summed E-state index contributed by atoms with van der Waals surface area (Å²) in [6, 6.07) is 14.4. The first-order valence-corrected chi connectivity index (χ1v) is 12.4. The van der Waals surface area contributed by atoms with Crippen LogP contribution in [0.25, 0.3) is 5.69 Å².